The molecule has 0 fully saturated rings. The number of hydrogen-bond donors (Lipinski definition) is 1. The average molecular weight is 524 g/mol. The SMILES string of the molecule is Cc1cc(C=Nc2c(F)c(F)c(F)c(F)c2F)c(O)c(C(C)c2ccccc2)c1.[Cl-].[Cl-].[Ti+3]. The van der Waals surface area contributed by atoms with Gasteiger partial charge in [-0.15, -0.1) is 0 Å². The summed E-state index contributed by atoms with van der Waals surface area (Å²) in [6.45, 7) is 3.62. The first-order chi connectivity index (χ1) is 13.7. The smallest absolute Gasteiger partial charge is 1.00 e. The fraction of sp³-hybridized carbons (Fsp3) is 0.136. The first-order valence-electron chi connectivity index (χ1n) is 8.66. The molecule has 167 valence electrons. The van der Waals surface area contributed by atoms with Crippen molar-refractivity contribution in [1.29, 1.82) is 0 Å². The summed E-state index contributed by atoms with van der Waals surface area (Å²) in [5, 5.41) is 10.6. The third-order valence-electron chi connectivity index (χ3n) is 4.60. The molecule has 1 atom stereocenters. The van der Waals surface area contributed by atoms with Gasteiger partial charge in [0.05, 0.1) is 0 Å². The van der Waals surface area contributed by atoms with Crippen molar-refractivity contribution >= 4 is 11.9 Å². The molecule has 3 aromatic carbocycles. The fourth-order valence-electron chi connectivity index (χ4n) is 3.03. The van der Waals surface area contributed by atoms with E-state index in [1.165, 1.54) is 6.07 Å². The molecular weight excluding hydrogens is 508 g/mol. The number of phenols is 1. The molecule has 0 saturated heterocycles. The fourth-order valence-corrected chi connectivity index (χ4v) is 3.03. The minimum Gasteiger partial charge on any atom is -1.00 e. The van der Waals surface area contributed by atoms with Gasteiger partial charge in [-0.2, -0.15) is 0 Å². The Balaban J connectivity index is 0.00000320. The van der Waals surface area contributed by atoms with Crippen LogP contribution in [0, 0.1) is 36.0 Å². The van der Waals surface area contributed by atoms with Crippen LogP contribution < -0.4 is 24.8 Å². The van der Waals surface area contributed by atoms with E-state index in [1.54, 1.807) is 13.0 Å². The summed E-state index contributed by atoms with van der Waals surface area (Å²) >= 11 is 0. The molecule has 1 radical (unpaired) electrons. The van der Waals surface area contributed by atoms with Gasteiger partial charge < -0.3 is 29.9 Å². The van der Waals surface area contributed by atoms with E-state index in [-0.39, 0.29) is 63.8 Å². The molecule has 0 amide bonds. The number of hydrogen-bond acceptors (Lipinski definition) is 2. The Morgan fingerprint density at radius 1 is 0.844 bits per heavy atom. The van der Waals surface area contributed by atoms with Crippen LogP contribution in [0.4, 0.5) is 27.6 Å². The van der Waals surface area contributed by atoms with Crippen molar-refractivity contribution < 1.29 is 73.6 Å². The second-order valence-corrected chi connectivity index (χ2v) is 6.60. The van der Waals surface area contributed by atoms with E-state index < -0.39 is 34.8 Å². The predicted octanol–water partition coefficient (Wildman–Crippen LogP) is 0.304. The maximum Gasteiger partial charge on any atom is 3.00 e. The molecule has 3 rings (SSSR count). The summed E-state index contributed by atoms with van der Waals surface area (Å²) in [5.41, 5.74) is 0.956. The Bertz CT molecular complexity index is 1080. The molecule has 0 heterocycles. The van der Waals surface area contributed by atoms with Crippen LogP contribution in [0.3, 0.4) is 0 Å². The molecule has 1 N–H and O–H groups in total. The average Bonchev–Trinajstić information content (AvgIpc) is 2.73. The summed E-state index contributed by atoms with van der Waals surface area (Å²) in [6.07, 6.45) is 0.877. The molecule has 0 saturated carbocycles. The van der Waals surface area contributed by atoms with Crippen molar-refractivity contribution in [2.24, 2.45) is 4.99 Å². The van der Waals surface area contributed by atoms with Crippen LogP contribution in [-0.2, 0) is 21.7 Å². The summed E-state index contributed by atoms with van der Waals surface area (Å²) in [6, 6.07) is 12.6. The van der Waals surface area contributed by atoms with Crippen molar-refractivity contribution in [1.82, 2.24) is 0 Å². The maximum absolute atomic E-state index is 13.8. The first-order valence-corrected chi connectivity index (χ1v) is 8.66. The zero-order valence-electron chi connectivity index (χ0n) is 16.7. The van der Waals surface area contributed by atoms with Crippen LogP contribution in [0.2, 0.25) is 0 Å². The van der Waals surface area contributed by atoms with Crippen LogP contribution >= 0.6 is 0 Å². The van der Waals surface area contributed by atoms with Gasteiger partial charge >= 0.3 is 21.7 Å². The Morgan fingerprint density at radius 3 is 1.88 bits per heavy atom. The number of nitrogens with zero attached hydrogens (tertiary/aromatic N) is 1. The predicted molar refractivity (Wildman–Crippen MR) is 100 cm³/mol. The second-order valence-electron chi connectivity index (χ2n) is 6.60. The van der Waals surface area contributed by atoms with E-state index in [0.717, 1.165) is 17.3 Å². The topological polar surface area (TPSA) is 32.6 Å². The summed E-state index contributed by atoms with van der Waals surface area (Å²) in [7, 11) is 0. The molecule has 3 aromatic rings. The molecule has 0 spiro atoms. The standard InChI is InChI=1S/C22H16F5NO.2ClH.Ti/c1-11-8-14(10-28-21-19(26)17(24)16(23)18(25)20(21)27)22(29)15(9-11)12(2)13-6-4-3-5-7-13;;;/h3-10,12,29H,1-2H3;2*1H;/q;;;+3/p-2. The minimum atomic E-state index is -2.25. The maximum atomic E-state index is 13.8. The number of halogens is 7. The third kappa shape index (κ3) is 5.90. The van der Waals surface area contributed by atoms with Gasteiger partial charge in [0.25, 0.3) is 0 Å². The van der Waals surface area contributed by atoms with Crippen molar-refractivity contribution in [3.8, 4) is 5.75 Å². The van der Waals surface area contributed by atoms with Gasteiger partial charge in [-0.3, -0.25) is 0 Å². The summed E-state index contributed by atoms with van der Waals surface area (Å²) < 4.78 is 67.5. The van der Waals surface area contributed by atoms with Crippen LogP contribution in [0.15, 0.2) is 47.5 Å². The van der Waals surface area contributed by atoms with Crippen molar-refractivity contribution in [2.45, 2.75) is 19.8 Å². The zero-order valence-corrected chi connectivity index (χ0v) is 19.8. The number of aliphatic imine (C=N–C) groups is 1. The largest absolute Gasteiger partial charge is 3.00 e. The Hall–Kier alpha value is -1.93. The van der Waals surface area contributed by atoms with E-state index in [1.807, 2.05) is 37.3 Å². The monoisotopic (exact) mass is 523 g/mol. The number of aromatic hydroxyl groups is 1. The van der Waals surface area contributed by atoms with Gasteiger partial charge in [-0.1, -0.05) is 43.3 Å². The molecule has 0 aromatic heterocycles. The first kappa shape index (κ1) is 30.1. The van der Waals surface area contributed by atoms with E-state index in [0.29, 0.717) is 5.56 Å². The van der Waals surface area contributed by atoms with E-state index >= 15 is 0 Å². The molecular formula is C22H16Cl2F5NOTi+. The van der Waals surface area contributed by atoms with Gasteiger partial charge in [0.2, 0.25) is 5.82 Å². The van der Waals surface area contributed by atoms with Crippen LogP contribution in [0.1, 0.15) is 35.1 Å². The minimum absolute atomic E-state index is 0. The van der Waals surface area contributed by atoms with Gasteiger partial charge in [0, 0.05) is 23.3 Å². The van der Waals surface area contributed by atoms with Crippen LogP contribution in [0.5, 0.6) is 5.75 Å². The molecule has 32 heavy (non-hydrogen) atoms. The number of phenolic OH excluding ortho intramolecular Hbond substituents is 1. The van der Waals surface area contributed by atoms with E-state index in [4.69, 9.17) is 0 Å². The zero-order chi connectivity index (χ0) is 21.3. The molecule has 0 bridgehead atoms. The summed E-state index contributed by atoms with van der Waals surface area (Å²) in [5.74, 6) is -10.9. The third-order valence-corrected chi connectivity index (χ3v) is 4.60. The normalized spacial score (nSPS) is 11.3. The quantitative estimate of drug-likeness (QED) is 0.172. The second kappa shape index (κ2) is 12.4. The van der Waals surface area contributed by atoms with Gasteiger partial charge in [-0.05, 0) is 24.1 Å². The molecule has 0 aliphatic carbocycles. The molecule has 10 heteroatoms. The summed E-state index contributed by atoms with van der Waals surface area (Å²) in [4.78, 5) is 3.43. The van der Waals surface area contributed by atoms with Gasteiger partial charge in [0.1, 0.15) is 11.4 Å². The Kier molecular flexibility index (Phi) is 11.6. The van der Waals surface area contributed by atoms with E-state index in [2.05, 4.69) is 4.99 Å². The van der Waals surface area contributed by atoms with Gasteiger partial charge in [-0.25, -0.2) is 26.9 Å². The van der Waals surface area contributed by atoms with Gasteiger partial charge in [0.15, 0.2) is 23.3 Å². The van der Waals surface area contributed by atoms with Crippen LogP contribution in [-0.4, -0.2) is 11.3 Å². The van der Waals surface area contributed by atoms with Crippen LogP contribution in [0.25, 0.3) is 0 Å². The Labute approximate surface area is 209 Å². The molecule has 0 aliphatic rings. The van der Waals surface area contributed by atoms with Crippen molar-refractivity contribution in [2.75, 3.05) is 0 Å². The van der Waals surface area contributed by atoms with E-state index in [9.17, 15) is 27.1 Å². The molecule has 0 aliphatic heterocycles. The molecule has 2 nitrogen and oxygen atoms in total. The molecule has 1 unspecified atom stereocenters. The number of aryl methyl sites for hydroxylation is 1. The Morgan fingerprint density at radius 2 is 1.34 bits per heavy atom. The number of rotatable bonds is 4. The van der Waals surface area contributed by atoms with Crippen molar-refractivity contribution in [3.05, 3.63) is 93.8 Å². The van der Waals surface area contributed by atoms with Crippen molar-refractivity contribution in [3.63, 3.8) is 0 Å². The number of benzene rings is 3.